The largest absolute Gasteiger partial charge is 0.352 e. The van der Waals surface area contributed by atoms with Crippen molar-refractivity contribution in [2.24, 2.45) is 0 Å². The molecular weight excluding hydrogens is 402 g/mol. The Morgan fingerprint density at radius 2 is 2.03 bits per heavy atom. The summed E-state index contributed by atoms with van der Waals surface area (Å²) in [6.45, 7) is 2.22. The first-order chi connectivity index (χ1) is 15.6. The van der Waals surface area contributed by atoms with E-state index in [0.717, 1.165) is 35.2 Å². The molecule has 0 radical (unpaired) electrons. The summed E-state index contributed by atoms with van der Waals surface area (Å²) in [4.78, 5) is 27.4. The summed E-state index contributed by atoms with van der Waals surface area (Å²) in [5.41, 5.74) is 3.40. The highest BCUT2D eigenvalue weighted by molar-refractivity contribution is 5.99. The van der Waals surface area contributed by atoms with Crippen LogP contribution in [0.4, 0.5) is 11.5 Å². The number of anilines is 2. The number of nitrogens with zero attached hydrogens (tertiary/aromatic N) is 5. The van der Waals surface area contributed by atoms with E-state index >= 15 is 0 Å². The van der Waals surface area contributed by atoms with Crippen molar-refractivity contribution < 1.29 is 4.79 Å². The fourth-order valence-corrected chi connectivity index (χ4v) is 3.51. The predicted octanol–water partition coefficient (Wildman–Crippen LogP) is 3.30. The third-order valence-corrected chi connectivity index (χ3v) is 5.12. The van der Waals surface area contributed by atoms with E-state index in [1.807, 2.05) is 44.4 Å². The molecule has 0 spiro atoms. The van der Waals surface area contributed by atoms with Gasteiger partial charge in [0, 0.05) is 41.7 Å². The van der Waals surface area contributed by atoms with E-state index in [4.69, 9.17) is 0 Å². The number of carbonyl (C=O) groups is 1. The lowest BCUT2D eigenvalue weighted by molar-refractivity contribution is 0.0952. The van der Waals surface area contributed by atoms with Crippen molar-refractivity contribution in [1.82, 2.24) is 29.7 Å². The van der Waals surface area contributed by atoms with E-state index in [9.17, 15) is 4.79 Å². The van der Waals surface area contributed by atoms with Crippen LogP contribution in [0.25, 0.3) is 10.9 Å². The van der Waals surface area contributed by atoms with E-state index in [1.54, 1.807) is 12.4 Å². The molecule has 8 heteroatoms. The van der Waals surface area contributed by atoms with Crippen molar-refractivity contribution in [3.05, 3.63) is 78.6 Å². The minimum absolute atomic E-state index is 0.186. The van der Waals surface area contributed by atoms with Crippen LogP contribution in [0.5, 0.6) is 0 Å². The summed E-state index contributed by atoms with van der Waals surface area (Å²) in [5.74, 6) is 0.298. The van der Waals surface area contributed by atoms with Gasteiger partial charge in [-0.15, -0.1) is 0 Å². The lowest BCUT2D eigenvalue weighted by Crippen LogP contribution is -2.28. The topological polar surface area (TPSA) is 88.0 Å². The summed E-state index contributed by atoms with van der Waals surface area (Å²) in [6, 6.07) is 14.1. The average molecular weight is 430 g/mol. The third-order valence-electron chi connectivity index (χ3n) is 5.12. The van der Waals surface area contributed by atoms with Gasteiger partial charge in [-0.1, -0.05) is 6.07 Å². The van der Waals surface area contributed by atoms with Crippen LogP contribution >= 0.6 is 0 Å². The molecule has 0 aliphatic rings. The van der Waals surface area contributed by atoms with Crippen LogP contribution in [-0.2, 0) is 6.54 Å². The number of aromatic nitrogens is 4. The van der Waals surface area contributed by atoms with Gasteiger partial charge in [0.15, 0.2) is 0 Å². The molecule has 4 aromatic rings. The molecule has 0 fully saturated rings. The molecule has 0 atom stereocenters. The molecule has 3 aromatic heterocycles. The van der Waals surface area contributed by atoms with Crippen molar-refractivity contribution in [1.29, 1.82) is 0 Å². The molecule has 3 heterocycles. The monoisotopic (exact) mass is 429 g/mol. The highest BCUT2D eigenvalue weighted by Crippen LogP contribution is 2.24. The van der Waals surface area contributed by atoms with Gasteiger partial charge in [-0.05, 0) is 63.5 Å². The summed E-state index contributed by atoms with van der Waals surface area (Å²) in [7, 11) is 4.02. The quantitative estimate of drug-likeness (QED) is 0.397. The van der Waals surface area contributed by atoms with Crippen LogP contribution in [0.3, 0.4) is 0 Å². The molecule has 0 saturated carbocycles. The summed E-state index contributed by atoms with van der Waals surface area (Å²) in [5, 5.41) is 7.31. The summed E-state index contributed by atoms with van der Waals surface area (Å²) < 4.78 is 2.17. The van der Waals surface area contributed by atoms with E-state index in [1.165, 1.54) is 6.33 Å². The molecule has 1 aromatic carbocycles. The van der Waals surface area contributed by atoms with E-state index in [2.05, 4.69) is 53.4 Å². The van der Waals surface area contributed by atoms with Crippen LogP contribution in [0.15, 0.2) is 67.4 Å². The highest BCUT2D eigenvalue weighted by atomic mass is 16.1. The Bertz CT molecular complexity index is 1190. The van der Waals surface area contributed by atoms with E-state index in [-0.39, 0.29) is 5.91 Å². The van der Waals surface area contributed by atoms with Gasteiger partial charge in [-0.25, -0.2) is 9.97 Å². The zero-order valence-electron chi connectivity index (χ0n) is 18.3. The Balaban J connectivity index is 1.47. The number of nitrogens with one attached hydrogen (secondary N) is 2. The molecular formula is C24H27N7O. The number of carbonyl (C=O) groups excluding carboxylic acids is 1. The normalized spacial score (nSPS) is 11.1. The van der Waals surface area contributed by atoms with Gasteiger partial charge in [-0.3, -0.25) is 9.78 Å². The molecule has 1 amide bonds. The fourth-order valence-electron chi connectivity index (χ4n) is 3.51. The van der Waals surface area contributed by atoms with Crippen molar-refractivity contribution in [2.45, 2.75) is 13.0 Å². The van der Waals surface area contributed by atoms with Crippen molar-refractivity contribution >= 4 is 28.3 Å². The number of hydrogen-bond acceptors (Lipinski definition) is 6. The van der Waals surface area contributed by atoms with Crippen molar-refractivity contribution in [2.75, 3.05) is 32.5 Å². The number of benzene rings is 1. The average Bonchev–Trinajstić information content (AvgIpc) is 3.19. The second-order valence-corrected chi connectivity index (χ2v) is 7.86. The van der Waals surface area contributed by atoms with Crippen LogP contribution in [-0.4, -0.2) is 57.5 Å². The molecule has 2 N–H and O–H groups in total. The molecule has 8 nitrogen and oxygen atoms in total. The molecule has 0 saturated heterocycles. The molecule has 0 aliphatic carbocycles. The van der Waals surface area contributed by atoms with Gasteiger partial charge < -0.3 is 20.1 Å². The van der Waals surface area contributed by atoms with Gasteiger partial charge in [0.25, 0.3) is 5.91 Å². The molecule has 0 bridgehead atoms. The number of fused-ring (bicyclic) bond motifs is 1. The lowest BCUT2D eigenvalue weighted by Gasteiger charge is -2.12. The zero-order valence-corrected chi connectivity index (χ0v) is 18.3. The summed E-state index contributed by atoms with van der Waals surface area (Å²) >= 11 is 0. The second kappa shape index (κ2) is 10.0. The second-order valence-electron chi connectivity index (χ2n) is 7.86. The first-order valence-corrected chi connectivity index (χ1v) is 10.6. The minimum Gasteiger partial charge on any atom is -0.352 e. The number of amides is 1. The smallest absolute Gasteiger partial charge is 0.256 e. The first kappa shape index (κ1) is 21.5. The van der Waals surface area contributed by atoms with Gasteiger partial charge in [0.2, 0.25) is 0 Å². The fraction of sp³-hybridized carbons (Fsp3) is 0.250. The standard InChI is InChI=1S/C24H27N7O/c1-30(2)12-5-11-27-24(32)21-15-25-17-28-23(21)29-19-7-8-22-18(14-19)9-13-31(22)16-20-6-3-4-10-26-20/h3-4,6-10,13-15,17H,5,11-12,16H2,1-2H3,(H,27,32)(H,25,28,29). The number of rotatable bonds is 9. The lowest BCUT2D eigenvalue weighted by atomic mass is 10.2. The maximum atomic E-state index is 12.6. The minimum atomic E-state index is -0.186. The molecule has 0 aliphatic heterocycles. The number of hydrogen-bond donors (Lipinski definition) is 2. The van der Waals surface area contributed by atoms with Crippen molar-refractivity contribution in [3.63, 3.8) is 0 Å². The number of pyridine rings is 1. The molecule has 4 rings (SSSR count). The van der Waals surface area contributed by atoms with E-state index < -0.39 is 0 Å². The van der Waals surface area contributed by atoms with E-state index in [0.29, 0.717) is 24.5 Å². The Morgan fingerprint density at radius 3 is 2.84 bits per heavy atom. The van der Waals surface area contributed by atoms with Crippen LogP contribution in [0.1, 0.15) is 22.5 Å². The SMILES string of the molecule is CN(C)CCCNC(=O)c1cncnc1Nc1ccc2c(ccn2Cc2ccccn2)c1. The van der Waals surface area contributed by atoms with Gasteiger partial charge in [0.1, 0.15) is 17.7 Å². The Morgan fingerprint density at radius 1 is 1.12 bits per heavy atom. The maximum absolute atomic E-state index is 12.6. The highest BCUT2D eigenvalue weighted by Gasteiger charge is 2.13. The first-order valence-electron chi connectivity index (χ1n) is 10.6. The zero-order chi connectivity index (χ0) is 22.3. The van der Waals surface area contributed by atoms with Gasteiger partial charge in [0.05, 0.1) is 12.2 Å². The summed E-state index contributed by atoms with van der Waals surface area (Å²) in [6.07, 6.45) is 7.72. The Labute approximate surface area is 187 Å². The Kier molecular flexibility index (Phi) is 6.72. The third kappa shape index (κ3) is 5.28. The maximum Gasteiger partial charge on any atom is 0.256 e. The Hall–Kier alpha value is -3.78. The van der Waals surface area contributed by atoms with Crippen molar-refractivity contribution in [3.8, 4) is 0 Å². The van der Waals surface area contributed by atoms with Crippen LogP contribution in [0.2, 0.25) is 0 Å². The van der Waals surface area contributed by atoms with Gasteiger partial charge in [-0.2, -0.15) is 0 Å². The van der Waals surface area contributed by atoms with Gasteiger partial charge >= 0.3 is 0 Å². The van der Waals surface area contributed by atoms with Crippen LogP contribution < -0.4 is 10.6 Å². The predicted molar refractivity (Wildman–Crippen MR) is 126 cm³/mol. The molecule has 32 heavy (non-hydrogen) atoms. The molecule has 0 unspecified atom stereocenters. The van der Waals surface area contributed by atoms with Crippen LogP contribution in [0, 0.1) is 0 Å². The molecule has 164 valence electrons.